The van der Waals surface area contributed by atoms with Crippen LogP contribution in [0.25, 0.3) is 0 Å². The minimum absolute atomic E-state index is 0.0616. The summed E-state index contributed by atoms with van der Waals surface area (Å²) in [7, 11) is -2.35. The lowest BCUT2D eigenvalue weighted by Gasteiger charge is -2.31. The van der Waals surface area contributed by atoms with Crippen LogP contribution in [-0.2, 0) is 30.8 Å². The molecular weight excluding hydrogens is 468 g/mol. The predicted octanol–water partition coefficient (Wildman–Crippen LogP) is 3.49. The Morgan fingerprint density at radius 2 is 1.91 bits per heavy atom. The van der Waals surface area contributed by atoms with Gasteiger partial charge in [0.1, 0.15) is 5.75 Å². The van der Waals surface area contributed by atoms with E-state index in [1.165, 1.54) is 29.6 Å². The van der Waals surface area contributed by atoms with Crippen molar-refractivity contribution in [2.24, 2.45) is 5.92 Å². The van der Waals surface area contributed by atoms with Gasteiger partial charge in [-0.05, 0) is 55.7 Å². The number of halogens is 1. The summed E-state index contributed by atoms with van der Waals surface area (Å²) in [6.45, 7) is 2.49. The second-order valence-corrected chi connectivity index (χ2v) is 10.0. The first-order valence-corrected chi connectivity index (χ1v) is 12.5. The number of methoxy groups -OCH3 is 1. The molecule has 2 aromatic rings. The molecule has 0 spiro atoms. The van der Waals surface area contributed by atoms with Crippen LogP contribution in [0.2, 0.25) is 5.02 Å². The molecule has 1 amide bonds. The molecule has 1 aliphatic rings. The average molecular weight is 495 g/mol. The summed E-state index contributed by atoms with van der Waals surface area (Å²) < 4.78 is 37.5. The number of piperidine rings is 1. The van der Waals surface area contributed by atoms with Crippen LogP contribution >= 0.6 is 11.6 Å². The van der Waals surface area contributed by atoms with Gasteiger partial charge < -0.3 is 14.8 Å². The Hall–Kier alpha value is -2.62. The van der Waals surface area contributed by atoms with Gasteiger partial charge >= 0.3 is 5.97 Å². The number of hydrogen-bond donors (Lipinski definition) is 1. The first-order valence-electron chi connectivity index (χ1n) is 10.6. The third kappa shape index (κ3) is 6.25. The molecule has 178 valence electrons. The van der Waals surface area contributed by atoms with Gasteiger partial charge in [0.15, 0.2) is 0 Å². The van der Waals surface area contributed by atoms with E-state index in [1.54, 1.807) is 31.2 Å². The summed E-state index contributed by atoms with van der Waals surface area (Å²) in [5.41, 5.74) is 1.36. The van der Waals surface area contributed by atoms with Crippen molar-refractivity contribution in [2.75, 3.05) is 32.1 Å². The molecule has 1 atom stereocenters. The van der Waals surface area contributed by atoms with Crippen molar-refractivity contribution in [2.45, 2.75) is 31.1 Å². The zero-order chi connectivity index (χ0) is 24.0. The quantitative estimate of drug-likeness (QED) is 0.563. The van der Waals surface area contributed by atoms with E-state index in [4.69, 9.17) is 21.1 Å². The molecule has 2 aromatic carbocycles. The van der Waals surface area contributed by atoms with Crippen molar-refractivity contribution in [1.82, 2.24) is 4.31 Å². The fourth-order valence-electron chi connectivity index (χ4n) is 3.66. The van der Waals surface area contributed by atoms with E-state index < -0.39 is 15.9 Å². The van der Waals surface area contributed by atoms with E-state index in [0.29, 0.717) is 37.4 Å². The number of ether oxygens (including phenoxy) is 2. The number of amides is 1. The van der Waals surface area contributed by atoms with Gasteiger partial charge in [-0.15, -0.1) is 0 Å². The summed E-state index contributed by atoms with van der Waals surface area (Å²) in [5.74, 6) is -0.655. The molecule has 0 bridgehead atoms. The van der Waals surface area contributed by atoms with E-state index in [2.05, 4.69) is 5.32 Å². The lowest BCUT2D eigenvalue weighted by Crippen LogP contribution is -2.43. The molecule has 1 heterocycles. The van der Waals surface area contributed by atoms with Gasteiger partial charge in [-0.2, -0.15) is 4.31 Å². The normalized spacial score (nSPS) is 16.8. The molecule has 0 aromatic heterocycles. The van der Waals surface area contributed by atoms with Gasteiger partial charge in [0.05, 0.1) is 36.0 Å². The van der Waals surface area contributed by atoms with E-state index in [9.17, 15) is 18.0 Å². The van der Waals surface area contributed by atoms with Gasteiger partial charge in [0.25, 0.3) is 0 Å². The molecule has 1 aliphatic heterocycles. The fraction of sp³-hybridized carbons (Fsp3) is 0.391. The third-order valence-electron chi connectivity index (χ3n) is 5.39. The molecule has 1 N–H and O–H groups in total. The van der Waals surface area contributed by atoms with E-state index in [1.807, 2.05) is 0 Å². The van der Waals surface area contributed by atoms with Gasteiger partial charge in [-0.1, -0.05) is 23.7 Å². The number of rotatable bonds is 8. The number of esters is 1. The van der Waals surface area contributed by atoms with Crippen molar-refractivity contribution in [3.05, 3.63) is 53.1 Å². The average Bonchev–Trinajstić information content (AvgIpc) is 2.80. The lowest BCUT2D eigenvalue weighted by molar-refractivity contribution is -0.142. The minimum atomic E-state index is -3.80. The summed E-state index contributed by atoms with van der Waals surface area (Å²) in [6.07, 6.45) is 1.31. The Kier molecular flexibility index (Phi) is 8.34. The predicted molar refractivity (Wildman–Crippen MR) is 125 cm³/mol. The number of benzene rings is 2. The molecule has 0 unspecified atom stereocenters. The number of carbonyl (C=O) groups excluding carboxylic acids is 2. The zero-order valence-electron chi connectivity index (χ0n) is 18.5. The number of carbonyl (C=O) groups is 2. The van der Waals surface area contributed by atoms with Crippen LogP contribution in [-0.4, -0.2) is 51.4 Å². The first kappa shape index (κ1) is 25.0. The molecule has 33 heavy (non-hydrogen) atoms. The van der Waals surface area contributed by atoms with Crippen LogP contribution < -0.4 is 10.1 Å². The Morgan fingerprint density at radius 1 is 1.18 bits per heavy atom. The van der Waals surface area contributed by atoms with Crippen molar-refractivity contribution in [3.63, 3.8) is 0 Å². The number of hydrogen-bond acceptors (Lipinski definition) is 6. The van der Waals surface area contributed by atoms with E-state index in [-0.39, 0.29) is 34.8 Å². The SMILES string of the molecule is CCOC(=O)Cc1ccc(NC(=O)[C@H]2CCCN(S(=O)(=O)c3ccc(OC)c(Cl)c3)C2)cc1. The molecule has 0 radical (unpaired) electrons. The Balaban J connectivity index is 1.64. The maximum atomic E-state index is 13.1. The van der Waals surface area contributed by atoms with E-state index >= 15 is 0 Å². The highest BCUT2D eigenvalue weighted by molar-refractivity contribution is 7.89. The highest BCUT2D eigenvalue weighted by Gasteiger charge is 2.33. The topological polar surface area (TPSA) is 102 Å². The molecule has 8 nitrogen and oxygen atoms in total. The van der Waals surface area contributed by atoms with Crippen molar-refractivity contribution in [1.29, 1.82) is 0 Å². The maximum absolute atomic E-state index is 13.1. The summed E-state index contributed by atoms with van der Waals surface area (Å²) in [4.78, 5) is 24.5. The van der Waals surface area contributed by atoms with Crippen molar-refractivity contribution in [3.8, 4) is 5.75 Å². The smallest absolute Gasteiger partial charge is 0.310 e. The van der Waals surface area contributed by atoms with Crippen LogP contribution in [0.1, 0.15) is 25.3 Å². The monoisotopic (exact) mass is 494 g/mol. The van der Waals surface area contributed by atoms with Crippen molar-refractivity contribution >= 4 is 39.2 Å². The Labute approximate surface area is 198 Å². The van der Waals surface area contributed by atoms with Gasteiger partial charge in [0, 0.05) is 18.8 Å². The van der Waals surface area contributed by atoms with Gasteiger partial charge in [0.2, 0.25) is 15.9 Å². The highest BCUT2D eigenvalue weighted by atomic mass is 35.5. The lowest BCUT2D eigenvalue weighted by atomic mass is 9.98. The number of sulfonamides is 1. The van der Waals surface area contributed by atoms with Crippen LogP contribution in [0.5, 0.6) is 5.75 Å². The first-order chi connectivity index (χ1) is 15.7. The highest BCUT2D eigenvalue weighted by Crippen LogP contribution is 2.30. The molecular formula is C23H27ClN2O6S. The van der Waals surface area contributed by atoms with Crippen LogP contribution in [0.3, 0.4) is 0 Å². The van der Waals surface area contributed by atoms with Crippen LogP contribution in [0, 0.1) is 5.92 Å². The molecule has 1 fully saturated rings. The number of nitrogens with one attached hydrogen (secondary N) is 1. The number of nitrogens with zero attached hydrogens (tertiary/aromatic N) is 1. The molecule has 0 aliphatic carbocycles. The third-order valence-corrected chi connectivity index (χ3v) is 7.55. The Morgan fingerprint density at radius 3 is 2.55 bits per heavy atom. The fourth-order valence-corrected chi connectivity index (χ4v) is 5.53. The number of anilines is 1. The molecule has 1 saturated heterocycles. The second kappa shape index (κ2) is 11.0. The summed E-state index contributed by atoms with van der Waals surface area (Å²) in [5, 5.41) is 3.04. The zero-order valence-corrected chi connectivity index (χ0v) is 20.1. The van der Waals surface area contributed by atoms with Gasteiger partial charge in [-0.25, -0.2) is 8.42 Å². The summed E-state index contributed by atoms with van der Waals surface area (Å²) in [6, 6.07) is 11.2. The summed E-state index contributed by atoms with van der Waals surface area (Å²) >= 11 is 6.10. The Bertz CT molecular complexity index is 1100. The van der Waals surface area contributed by atoms with Crippen LogP contribution in [0.4, 0.5) is 5.69 Å². The minimum Gasteiger partial charge on any atom is -0.495 e. The maximum Gasteiger partial charge on any atom is 0.310 e. The molecule has 0 saturated carbocycles. The largest absolute Gasteiger partial charge is 0.495 e. The molecule has 3 rings (SSSR count). The second-order valence-electron chi connectivity index (χ2n) is 7.67. The van der Waals surface area contributed by atoms with Gasteiger partial charge in [-0.3, -0.25) is 9.59 Å². The molecule has 10 heteroatoms. The van der Waals surface area contributed by atoms with Crippen LogP contribution in [0.15, 0.2) is 47.4 Å². The standard InChI is InChI=1S/C23H27ClN2O6S/c1-3-32-22(27)13-16-6-8-18(9-7-16)25-23(28)17-5-4-12-26(15-17)33(29,30)19-10-11-21(31-2)20(24)14-19/h6-11,14,17H,3-5,12-13,15H2,1-2H3,(H,25,28)/t17-/m0/s1. The van der Waals surface area contributed by atoms with E-state index in [0.717, 1.165) is 5.56 Å². The van der Waals surface area contributed by atoms with Crippen molar-refractivity contribution < 1.29 is 27.5 Å².